The topological polar surface area (TPSA) is 89.9 Å². The van der Waals surface area contributed by atoms with Crippen molar-refractivity contribution in [3.8, 4) is 0 Å². The fourth-order valence-electron chi connectivity index (χ4n) is 2.08. The summed E-state index contributed by atoms with van der Waals surface area (Å²) >= 11 is 1.39. The quantitative estimate of drug-likeness (QED) is 0.614. The SMILES string of the molecule is CC1CN([C@H]2C[C@H](O)[C@@H](CO)S2)C(=O)NC1=O. The molecule has 17 heavy (non-hydrogen) atoms. The fourth-order valence-corrected chi connectivity index (χ4v) is 3.50. The number of hydrogen-bond donors (Lipinski definition) is 3. The summed E-state index contributed by atoms with van der Waals surface area (Å²) in [6.07, 6.45) is -0.166. The third kappa shape index (κ3) is 2.41. The van der Waals surface area contributed by atoms with E-state index in [1.807, 2.05) is 0 Å². The van der Waals surface area contributed by atoms with E-state index in [0.717, 1.165) is 0 Å². The van der Waals surface area contributed by atoms with Crippen LogP contribution < -0.4 is 5.32 Å². The number of nitrogens with zero attached hydrogens (tertiary/aromatic N) is 1. The first-order valence-corrected chi connectivity index (χ1v) is 6.53. The summed E-state index contributed by atoms with van der Waals surface area (Å²) in [5.41, 5.74) is 0. The first-order valence-electron chi connectivity index (χ1n) is 5.58. The van der Waals surface area contributed by atoms with Crippen molar-refractivity contribution in [2.24, 2.45) is 5.92 Å². The third-order valence-electron chi connectivity index (χ3n) is 3.14. The van der Waals surface area contributed by atoms with Gasteiger partial charge < -0.3 is 15.1 Å². The molecular formula is C10H16N2O4S. The number of rotatable bonds is 2. The Morgan fingerprint density at radius 2 is 2.24 bits per heavy atom. The number of thioether (sulfide) groups is 1. The van der Waals surface area contributed by atoms with Crippen molar-refractivity contribution >= 4 is 23.7 Å². The standard InChI is InChI=1S/C10H16N2O4S/c1-5-3-12(10(16)11-9(5)15)8-2-6(14)7(4-13)17-8/h5-8,13-14H,2-4H2,1H3,(H,11,15,16)/t5?,6-,7+,8+/m0/s1. The van der Waals surface area contributed by atoms with Crippen LogP contribution in [-0.2, 0) is 4.79 Å². The van der Waals surface area contributed by atoms with Crippen LogP contribution in [0.3, 0.4) is 0 Å². The summed E-state index contributed by atoms with van der Waals surface area (Å²) < 4.78 is 0. The Balaban J connectivity index is 2.03. The summed E-state index contributed by atoms with van der Waals surface area (Å²) in [5, 5.41) is 20.6. The molecule has 3 N–H and O–H groups in total. The largest absolute Gasteiger partial charge is 0.395 e. The van der Waals surface area contributed by atoms with Crippen LogP contribution in [-0.4, -0.2) is 56.9 Å². The van der Waals surface area contributed by atoms with Gasteiger partial charge in [-0.05, 0) is 0 Å². The number of imide groups is 1. The van der Waals surface area contributed by atoms with Gasteiger partial charge in [-0.25, -0.2) is 4.79 Å². The lowest BCUT2D eigenvalue weighted by molar-refractivity contribution is -0.125. The van der Waals surface area contributed by atoms with E-state index >= 15 is 0 Å². The van der Waals surface area contributed by atoms with Gasteiger partial charge in [0.1, 0.15) is 0 Å². The predicted molar refractivity (Wildman–Crippen MR) is 62.3 cm³/mol. The average Bonchev–Trinajstić information content (AvgIpc) is 2.65. The number of carbonyl (C=O) groups is 2. The molecule has 0 bridgehead atoms. The molecule has 0 radical (unpaired) electrons. The van der Waals surface area contributed by atoms with Gasteiger partial charge in [0.15, 0.2) is 0 Å². The highest BCUT2D eigenvalue weighted by molar-refractivity contribution is 8.00. The molecule has 0 aliphatic carbocycles. The van der Waals surface area contributed by atoms with Crippen LogP contribution in [0.2, 0.25) is 0 Å². The predicted octanol–water partition coefficient (Wildman–Crippen LogP) is -0.641. The van der Waals surface area contributed by atoms with Crippen molar-refractivity contribution in [1.29, 1.82) is 0 Å². The monoisotopic (exact) mass is 260 g/mol. The molecule has 0 spiro atoms. The van der Waals surface area contributed by atoms with Crippen LogP contribution in [0.4, 0.5) is 4.79 Å². The van der Waals surface area contributed by atoms with Crippen molar-refractivity contribution in [2.75, 3.05) is 13.2 Å². The van der Waals surface area contributed by atoms with E-state index in [1.165, 1.54) is 11.8 Å². The molecule has 2 heterocycles. The molecule has 2 aliphatic heterocycles. The summed E-state index contributed by atoms with van der Waals surface area (Å²) in [4.78, 5) is 24.5. The van der Waals surface area contributed by atoms with E-state index in [-0.39, 0.29) is 29.1 Å². The molecule has 4 atom stereocenters. The first-order chi connectivity index (χ1) is 8.02. The second-order valence-corrected chi connectivity index (χ2v) is 5.88. The molecule has 6 nitrogen and oxygen atoms in total. The molecule has 2 rings (SSSR count). The van der Waals surface area contributed by atoms with Gasteiger partial charge in [0.25, 0.3) is 0 Å². The Kier molecular flexibility index (Phi) is 3.60. The summed E-state index contributed by atoms with van der Waals surface area (Å²) in [6, 6.07) is -0.406. The maximum atomic E-state index is 11.7. The number of hydrogen-bond acceptors (Lipinski definition) is 5. The Morgan fingerprint density at radius 3 is 2.82 bits per heavy atom. The molecule has 0 aromatic carbocycles. The zero-order chi connectivity index (χ0) is 12.6. The highest BCUT2D eigenvalue weighted by Gasteiger charge is 2.41. The number of aliphatic hydroxyl groups excluding tert-OH is 2. The van der Waals surface area contributed by atoms with Crippen molar-refractivity contribution in [2.45, 2.75) is 30.1 Å². The maximum Gasteiger partial charge on any atom is 0.324 e. The maximum absolute atomic E-state index is 11.7. The highest BCUT2D eigenvalue weighted by Crippen LogP contribution is 2.36. The zero-order valence-corrected chi connectivity index (χ0v) is 10.3. The lowest BCUT2D eigenvalue weighted by Gasteiger charge is -2.34. The van der Waals surface area contributed by atoms with E-state index < -0.39 is 12.1 Å². The van der Waals surface area contributed by atoms with Crippen molar-refractivity contribution in [1.82, 2.24) is 10.2 Å². The van der Waals surface area contributed by atoms with Gasteiger partial charge in [-0.2, -0.15) is 0 Å². The number of aliphatic hydroxyl groups is 2. The van der Waals surface area contributed by atoms with Crippen molar-refractivity contribution in [3.05, 3.63) is 0 Å². The van der Waals surface area contributed by atoms with E-state index in [2.05, 4.69) is 5.32 Å². The average molecular weight is 260 g/mol. The molecular weight excluding hydrogens is 244 g/mol. The second-order valence-electron chi connectivity index (χ2n) is 4.46. The molecule has 7 heteroatoms. The Morgan fingerprint density at radius 1 is 1.53 bits per heavy atom. The minimum absolute atomic E-state index is 0.105. The number of amides is 3. The van der Waals surface area contributed by atoms with Gasteiger partial charge in [0.05, 0.1) is 29.3 Å². The second kappa shape index (κ2) is 4.83. The smallest absolute Gasteiger partial charge is 0.324 e. The van der Waals surface area contributed by atoms with Gasteiger partial charge in [0.2, 0.25) is 5.91 Å². The van der Waals surface area contributed by atoms with Crippen LogP contribution in [0, 0.1) is 5.92 Å². The van der Waals surface area contributed by atoms with Crippen LogP contribution in [0.15, 0.2) is 0 Å². The van der Waals surface area contributed by atoms with Crippen LogP contribution >= 0.6 is 11.8 Å². The Labute approximate surface area is 103 Å². The van der Waals surface area contributed by atoms with E-state index in [4.69, 9.17) is 5.11 Å². The minimum Gasteiger partial charge on any atom is -0.395 e. The molecule has 96 valence electrons. The molecule has 2 saturated heterocycles. The molecule has 1 unspecified atom stereocenters. The van der Waals surface area contributed by atoms with Crippen LogP contribution in [0.5, 0.6) is 0 Å². The van der Waals surface area contributed by atoms with Gasteiger partial charge in [0, 0.05) is 13.0 Å². The Bertz CT molecular complexity index is 338. The molecule has 3 amide bonds. The summed E-state index contributed by atoms with van der Waals surface area (Å²) in [7, 11) is 0. The summed E-state index contributed by atoms with van der Waals surface area (Å²) in [5.74, 6) is -0.493. The summed E-state index contributed by atoms with van der Waals surface area (Å²) in [6.45, 7) is 2.02. The Hall–Kier alpha value is -0.790. The van der Waals surface area contributed by atoms with Gasteiger partial charge in [-0.3, -0.25) is 10.1 Å². The molecule has 0 aromatic heterocycles. The number of urea groups is 1. The van der Waals surface area contributed by atoms with Crippen molar-refractivity contribution < 1.29 is 19.8 Å². The minimum atomic E-state index is -0.601. The highest BCUT2D eigenvalue weighted by atomic mass is 32.2. The van der Waals surface area contributed by atoms with Gasteiger partial charge in [-0.15, -0.1) is 11.8 Å². The molecule has 2 fully saturated rings. The third-order valence-corrected chi connectivity index (χ3v) is 4.71. The van der Waals surface area contributed by atoms with Gasteiger partial charge in [-0.1, -0.05) is 6.92 Å². The lowest BCUT2D eigenvalue weighted by atomic mass is 10.1. The number of nitrogens with one attached hydrogen (secondary N) is 1. The van der Waals surface area contributed by atoms with E-state index in [1.54, 1.807) is 11.8 Å². The first kappa shape index (κ1) is 12.7. The normalized spacial score (nSPS) is 38.4. The molecule has 0 aromatic rings. The molecule has 0 saturated carbocycles. The molecule has 2 aliphatic rings. The zero-order valence-electron chi connectivity index (χ0n) is 9.50. The lowest BCUT2D eigenvalue weighted by Crippen LogP contribution is -2.56. The van der Waals surface area contributed by atoms with Crippen LogP contribution in [0.1, 0.15) is 13.3 Å². The number of carbonyl (C=O) groups excluding carboxylic acids is 2. The van der Waals surface area contributed by atoms with Gasteiger partial charge >= 0.3 is 6.03 Å². The van der Waals surface area contributed by atoms with E-state index in [0.29, 0.717) is 13.0 Å². The van der Waals surface area contributed by atoms with E-state index in [9.17, 15) is 14.7 Å². The fraction of sp³-hybridized carbons (Fsp3) is 0.800. The van der Waals surface area contributed by atoms with Crippen molar-refractivity contribution in [3.63, 3.8) is 0 Å². The van der Waals surface area contributed by atoms with Crippen LogP contribution in [0.25, 0.3) is 0 Å².